The van der Waals surface area contributed by atoms with Gasteiger partial charge in [-0.1, -0.05) is 30.3 Å². The Morgan fingerprint density at radius 1 is 1.11 bits per heavy atom. The van der Waals surface area contributed by atoms with Crippen LogP contribution in [-0.4, -0.2) is 51.1 Å². The van der Waals surface area contributed by atoms with Crippen molar-refractivity contribution in [1.29, 1.82) is 0 Å². The van der Waals surface area contributed by atoms with Crippen LogP contribution in [0.3, 0.4) is 0 Å². The number of esters is 1. The number of benzene rings is 3. The van der Waals surface area contributed by atoms with Crippen LogP contribution in [0, 0.1) is 0 Å². The van der Waals surface area contributed by atoms with E-state index in [0.717, 1.165) is 27.6 Å². The first kappa shape index (κ1) is 28.0. The van der Waals surface area contributed by atoms with Gasteiger partial charge in [-0.15, -0.1) is 12.4 Å². The number of anilines is 1. The minimum atomic E-state index is -0.660. The zero-order valence-electron chi connectivity index (χ0n) is 21.4. The number of methoxy groups -OCH3 is 2. The summed E-state index contributed by atoms with van der Waals surface area (Å²) >= 11 is 0. The molecule has 3 aromatic rings. The van der Waals surface area contributed by atoms with Crippen LogP contribution in [0.4, 0.5) is 5.69 Å². The summed E-state index contributed by atoms with van der Waals surface area (Å²) in [6, 6.07) is 15.8. The standard InChI is InChI=1S/C28H31N3O5.ClH/c1-17(29-2)26(32)30-23-13-10-18-7-5-6-8-24(18)31(27(23)33)16-22-21-12-9-20(28(34)36-4)15-19(21)11-14-25(22)35-3;/h5-9,11-12,14-15,17,23,29H,10,13,16H2,1-4H3,(H,30,32);1H/t17-,23-;/m0./s1. The van der Waals surface area contributed by atoms with E-state index >= 15 is 0 Å². The Hall–Kier alpha value is -3.62. The molecule has 9 heteroatoms. The first-order chi connectivity index (χ1) is 17.4. The van der Waals surface area contributed by atoms with Gasteiger partial charge >= 0.3 is 5.97 Å². The van der Waals surface area contributed by atoms with E-state index in [9.17, 15) is 14.4 Å². The number of hydrogen-bond donors (Lipinski definition) is 2. The van der Waals surface area contributed by atoms with Gasteiger partial charge in [0.05, 0.1) is 32.4 Å². The van der Waals surface area contributed by atoms with Crippen molar-refractivity contribution in [2.24, 2.45) is 0 Å². The van der Waals surface area contributed by atoms with Gasteiger partial charge in [-0.05, 0) is 67.4 Å². The van der Waals surface area contributed by atoms with Crippen LogP contribution in [0.2, 0.25) is 0 Å². The number of ether oxygens (including phenoxy) is 2. The number of amides is 2. The summed E-state index contributed by atoms with van der Waals surface area (Å²) in [5.74, 6) is -0.186. The maximum absolute atomic E-state index is 13.9. The lowest BCUT2D eigenvalue weighted by molar-refractivity contribution is -0.128. The van der Waals surface area contributed by atoms with Gasteiger partial charge in [0, 0.05) is 11.3 Å². The highest BCUT2D eigenvalue weighted by Gasteiger charge is 2.33. The van der Waals surface area contributed by atoms with Crippen molar-refractivity contribution in [3.8, 4) is 5.75 Å². The normalized spacial score (nSPS) is 15.7. The minimum Gasteiger partial charge on any atom is -0.496 e. The highest BCUT2D eigenvalue weighted by molar-refractivity contribution is 6.02. The molecule has 2 atom stereocenters. The molecule has 1 aliphatic rings. The zero-order valence-corrected chi connectivity index (χ0v) is 22.2. The zero-order chi connectivity index (χ0) is 25.8. The van der Waals surface area contributed by atoms with Crippen LogP contribution in [0.5, 0.6) is 5.75 Å². The van der Waals surface area contributed by atoms with Crippen LogP contribution in [0.1, 0.15) is 34.8 Å². The monoisotopic (exact) mass is 525 g/mol. The number of halogens is 1. The van der Waals surface area contributed by atoms with E-state index in [-0.39, 0.29) is 30.8 Å². The number of rotatable bonds is 7. The molecular weight excluding hydrogens is 494 g/mol. The lowest BCUT2D eigenvalue weighted by Crippen LogP contribution is -2.52. The summed E-state index contributed by atoms with van der Waals surface area (Å²) in [5, 5.41) is 7.54. The Morgan fingerprint density at radius 3 is 2.57 bits per heavy atom. The number of fused-ring (bicyclic) bond motifs is 2. The van der Waals surface area contributed by atoms with Gasteiger partial charge in [-0.2, -0.15) is 0 Å². The summed E-state index contributed by atoms with van der Waals surface area (Å²) in [6.45, 7) is 1.99. The number of nitrogens with zero attached hydrogens (tertiary/aromatic N) is 1. The first-order valence-corrected chi connectivity index (χ1v) is 11.9. The molecule has 0 unspecified atom stereocenters. The molecule has 1 heterocycles. The third kappa shape index (κ3) is 5.70. The van der Waals surface area contributed by atoms with Gasteiger partial charge in [0.2, 0.25) is 11.8 Å². The Labute approximate surface area is 222 Å². The quantitative estimate of drug-likeness (QED) is 0.457. The summed E-state index contributed by atoms with van der Waals surface area (Å²) < 4.78 is 10.5. The van der Waals surface area contributed by atoms with Crippen molar-refractivity contribution in [3.63, 3.8) is 0 Å². The number of likely N-dealkylation sites (N-methyl/N-ethyl adjacent to an activating group) is 1. The van der Waals surface area contributed by atoms with Crippen molar-refractivity contribution < 1.29 is 23.9 Å². The summed E-state index contributed by atoms with van der Waals surface area (Å²) in [6.07, 6.45) is 1.16. The SMILES string of the molecule is CN[C@@H](C)C(=O)N[C@H]1CCc2ccccc2N(Cc2c(OC)ccc3cc(C(=O)OC)ccc23)C1=O.Cl. The fourth-order valence-electron chi connectivity index (χ4n) is 4.57. The van der Waals surface area contributed by atoms with Crippen molar-refractivity contribution in [1.82, 2.24) is 10.6 Å². The van der Waals surface area contributed by atoms with Crippen LogP contribution in [-0.2, 0) is 27.3 Å². The molecule has 37 heavy (non-hydrogen) atoms. The van der Waals surface area contributed by atoms with Gasteiger partial charge < -0.3 is 25.0 Å². The molecule has 0 bridgehead atoms. The van der Waals surface area contributed by atoms with Gasteiger partial charge in [0.25, 0.3) is 0 Å². The average Bonchev–Trinajstić information content (AvgIpc) is 3.04. The molecule has 196 valence electrons. The van der Waals surface area contributed by atoms with E-state index in [0.29, 0.717) is 24.2 Å². The Bertz CT molecular complexity index is 1310. The van der Waals surface area contributed by atoms with E-state index in [1.807, 2.05) is 42.5 Å². The molecule has 0 radical (unpaired) electrons. The third-order valence-corrected chi connectivity index (χ3v) is 6.74. The molecule has 2 N–H and O–H groups in total. The van der Waals surface area contributed by atoms with Crippen LogP contribution >= 0.6 is 12.4 Å². The molecular formula is C28H32ClN3O5. The predicted molar refractivity (Wildman–Crippen MR) is 145 cm³/mol. The molecule has 0 aromatic heterocycles. The first-order valence-electron chi connectivity index (χ1n) is 11.9. The molecule has 0 saturated heterocycles. The van der Waals surface area contributed by atoms with Crippen molar-refractivity contribution in [3.05, 3.63) is 71.3 Å². The van der Waals surface area contributed by atoms with Crippen LogP contribution < -0.4 is 20.3 Å². The van der Waals surface area contributed by atoms with Gasteiger partial charge in [-0.25, -0.2) is 4.79 Å². The van der Waals surface area contributed by atoms with Gasteiger partial charge in [0.15, 0.2) is 0 Å². The second kappa shape index (κ2) is 12.1. The van der Waals surface area contributed by atoms with E-state index in [1.165, 1.54) is 7.11 Å². The summed E-state index contributed by atoms with van der Waals surface area (Å²) in [5.41, 5.74) is 3.10. The average molecular weight is 526 g/mol. The maximum Gasteiger partial charge on any atom is 0.337 e. The fourth-order valence-corrected chi connectivity index (χ4v) is 4.57. The van der Waals surface area contributed by atoms with E-state index in [4.69, 9.17) is 9.47 Å². The van der Waals surface area contributed by atoms with Crippen LogP contribution in [0.15, 0.2) is 54.6 Å². The predicted octanol–water partition coefficient (Wildman–Crippen LogP) is 3.63. The molecule has 0 fully saturated rings. The topological polar surface area (TPSA) is 97.0 Å². The third-order valence-electron chi connectivity index (χ3n) is 6.74. The maximum atomic E-state index is 13.9. The molecule has 0 spiro atoms. The molecule has 0 aliphatic carbocycles. The number of hydrogen-bond acceptors (Lipinski definition) is 6. The van der Waals surface area contributed by atoms with E-state index in [2.05, 4.69) is 10.6 Å². The second-order valence-corrected chi connectivity index (χ2v) is 8.84. The lowest BCUT2D eigenvalue weighted by Gasteiger charge is -2.28. The van der Waals surface area contributed by atoms with Crippen molar-refractivity contribution in [2.75, 3.05) is 26.2 Å². The van der Waals surface area contributed by atoms with Crippen molar-refractivity contribution in [2.45, 2.75) is 38.4 Å². The second-order valence-electron chi connectivity index (χ2n) is 8.84. The molecule has 2 amide bonds. The highest BCUT2D eigenvalue weighted by Crippen LogP contribution is 2.34. The molecule has 1 aliphatic heterocycles. The van der Waals surface area contributed by atoms with E-state index < -0.39 is 18.1 Å². The largest absolute Gasteiger partial charge is 0.496 e. The van der Waals surface area contributed by atoms with E-state index in [1.54, 1.807) is 38.1 Å². The Kier molecular flexibility index (Phi) is 9.13. The number of carbonyl (C=O) groups excluding carboxylic acids is 3. The summed E-state index contributed by atoms with van der Waals surface area (Å²) in [4.78, 5) is 40.3. The highest BCUT2D eigenvalue weighted by atomic mass is 35.5. The van der Waals surface area contributed by atoms with Crippen molar-refractivity contribution >= 4 is 46.7 Å². The lowest BCUT2D eigenvalue weighted by atomic mass is 10.00. The number of nitrogens with one attached hydrogen (secondary N) is 2. The summed E-state index contributed by atoms with van der Waals surface area (Å²) in [7, 11) is 4.65. The molecule has 3 aromatic carbocycles. The number of carbonyl (C=O) groups is 3. The molecule has 4 rings (SSSR count). The molecule has 0 saturated carbocycles. The number of para-hydroxylation sites is 1. The smallest absolute Gasteiger partial charge is 0.337 e. The Balaban J connectivity index is 0.00000380. The van der Waals surface area contributed by atoms with Gasteiger partial charge in [-0.3, -0.25) is 9.59 Å². The minimum absolute atomic E-state index is 0. The molecule has 8 nitrogen and oxygen atoms in total. The fraction of sp³-hybridized carbons (Fsp3) is 0.321. The van der Waals surface area contributed by atoms with Gasteiger partial charge in [0.1, 0.15) is 11.8 Å². The number of aryl methyl sites for hydroxylation is 1. The Morgan fingerprint density at radius 2 is 1.86 bits per heavy atom. The van der Waals surface area contributed by atoms with Crippen LogP contribution in [0.25, 0.3) is 10.8 Å².